The third-order valence-corrected chi connectivity index (χ3v) is 6.03. The maximum absolute atomic E-state index is 13.2. The zero-order valence-corrected chi connectivity index (χ0v) is 21.5. The predicted octanol–water partition coefficient (Wildman–Crippen LogP) is 5.44. The van der Waals surface area contributed by atoms with Crippen LogP contribution in [0.4, 0.5) is 5.95 Å². The van der Waals surface area contributed by atoms with E-state index in [1.165, 1.54) is 0 Å². The minimum Gasteiger partial charge on any atom is -0.481 e. The third-order valence-electron chi connectivity index (χ3n) is 6.03. The molecule has 1 aromatic heterocycles. The minimum atomic E-state index is -0.982. The van der Waals surface area contributed by atoms with Crippen LogP contribution in [-0.2, 0) is 11.8 Å². The number of imidazole rings is 1. The molecule has 8 heteroatoms. The predicted molar refractivity (Wildman–Crippen MR) is 142 cm³/mol. The number of carboxylic acid groups (broad SMARTS) is 1. The van der Waals surface area contributed by atoms with Crippen LogP contribution in [0.3, 0.4) is 0 Å². The smallest absolute Gasteiger partial charge is 0.305 e. The van der Waals surface area contributed by atoms with E-state index in [1.54, 1.807) is 16.7 Å². The Balaban J connectivity index is 1.87. The van der Waals surface area contributed by atoms with Gasteiger partial charge in [0.2, 0.25) is 5.95 Å². The molecular formula is C28H34N4O4. The van der Waals surface area contributed by atoms with Crippen LogP contribution in [0.2, 0.25) is 0 Å². The number of aromatic nitrogens is 2. The average molecular weight is 491 g/mol. The van der Waals surface area contributed by atoms with E-state index in [0.29, 0.717) is 28.5 Å². The number of carboxylic acids is 1. The molecule has 0 saturated heterocycles. The van der Waals surface area contributed by atoms with Crippen molar-refractivity contribution in [1.29, 1.82) is 0 Å². The van der Waals surface area contributed by atoms with Gasteiger partial charge in [0.25, 0.3) is 5.91 Å². The van der Waals surface area contributed by atoms with E-state index >= 15 is 0 Å². The number of carbonyl (C=O) groups excluding carboxylic acids is 1. The summed E-state index contributed by atoms with van der Waals surface area (Å²) >= 11 is 0. The number of unbranched alkanes of at least 4 members (excludes halogenated alkanes) is 1. The number of fused-ring (bicyclic) bond motifs is 1. The number of amides is 1. The average Bonchev–Trinajstić information content (AvgIpc) is 3.12. The Labute approximate surface area is 211 Å². The van der Waals surface area contributed by atoms with Crippen molar-refractivity contribution >= 4 is 28.9 Å². The van der Waals surface area contributed by atoms with Gasteiger partial charge in [-0.1, -0.05) is 37.6 Å². The van der Waals surface area contributed by atoms with Gasteiger partial charge in [0.05, 0.1) is 18.0 Å². The standard InChI is InChI=1S/C28H34N4O4/c1-6-8-9-11-19(7-2)21(16-24(33)34)30-27(35)20-14-17(3)26(18(4)15-20)36-23-13-10-12-22-25(23)31-28(29)32(22)5/h7,9-15,21H,6,8,16H2,1-5H3,(H2,29,31)(H,30,35)(H,33,34)/b11-9-,19-7+/t21-/m1/s1. The zero-order chi connectivity index (χ0) is 26.4. The highest BCUT2D eigenvalue weighted by molar-refractivity contribution is 5.95. The number of anilines is 1. The first kappa shape index (κ1) is 26.5. The number of nitrogens with one attached hydrogen (secondary N) is 1. The number of rotatable bonds is 10. The van der Waals surface area contributed by atoms with Crippen molar-refractivity contribution in [1.82, 2.24) is 14.9 Å². The molecule has 1 atom stereocenters. The van der Waals surface area contributed by atoms with Gasteiger partial charge in [-0.25, -0.2) is 4.98 Å². The fourth-order valence-corrected chi connectivity index (χ4v) is 4.11. The summed E-state index contributed by atoms with van der Waals surface area (Å²) in [5.41, 5.74) is 10.2. The van der Waals surface area contributed by atoms with Crippen molar-refractivity contribution in [3.8, 4) is 11.5 Å². The van der Waals surface area contributed by atoms with Crippen molar-refractivity contribution in [3.63, 3.8) is 0 Å². The first-order valence-corrected chi connectivity index (χ1v) is 12.0. The number of ether oxygens (including phenoxy) is 1. The molecule has 1 heterocycles. The Morgan fingerprint density at radius 2 is 1.94 bits per heavy atom. The molecule has 0 aliphatic heterocycles. The van der Waals surface area contributed by atoms with Crippen molar-refractivity contribution in [2.75, 3.05) is 5.73 Å². The summed E-state index contributed by atoms with van der Waals surface area (Å²) in [5, 5.41) is 12.3. The van der Waals surface area contributed by atoms with Crippen LogP contribution in [0.5, 0.6) is 11.5 Å². The van der Waals surface area contributed by atoms with Gasteiger partial charge in [-0.2, -0.15) is 0 Å². The Morgan fingerprint density at radius 1 is 1.25 bits per heavy atom. The molecule has 1 amide bonds. The lowest BCUT2D eigenvalue weighted by Gasteiger charge is -2.20. The van der Waals surface area contributed by atoms with E-state index in [0.717, 1.165) is 35.1 Å². The second-order valence-corrected chi connectivity index (χ2v) is 8.80. The van der Waals surface area contributed by atoms with Gasteiger partial charge in [-0.3, -0.25) is 9.59 Å². The topological polar surface area (TPSA) is 119 Å². The number of nitrogens with zero attached hydrogens (tertiary/aromatic N) is 2. The maximum atomic E-state index is 13.2. The quantitative estimate of drug-likeness (QED) is 0.326. The molecule has 2 aromatic carbocycles. The molecule has 190 valence electrons. The molecule has 3 aromatic rings. The summed E-state index contributed by atoms with van der Waals surface area (Å²) in [6.07, 6.45) is 7.36. The fraction of sp³-hybridized carbons (Fsp3) is 0.321. The number of aliphatic carboxylic acids is 1. The van der Waals surface area contributed by atoms with Crippen LogP contribution >= 0.6 is 0 Å². The number of aryl methyl sites for hydroxylation is 3. The molecule has 0 fully saturated rings. The summed E-state index contributed by atoms with van der Waals surface area (Å²) in [7, 11) is 1.84. The van der Waals surface area contributed by atoms with Crippen molar-refractivity contribution in [2.24, 2.45) is 7.05 Å². The lowest BCUT2D eigenvalue weighted by molar-refractivity contribution is -0.137. The molecule has 4 N–H and O–H groups in total. The molecule has 0 aliphatic carbocycles. The number of nitrogens with two attached hydrogens (primary N) is 1. The first-order valence-electron chi connectivity index (χ1n) is 12.0. The molecular weight excluding hydrogens is 456 g/mol. The maximum Gasteiger partial charge on any atom is 0.305 e. The van der Waals surface area contributed by atoms with Crippen molar-refractivity contribution in [2.45, 2.75) is 53.0 Å². The first-order chi connectivity index (χ1) is 17.2. The molecule has 8 nitrogen and oxygen atoms in total. The van der Waals surface area contributed by atoms with Gasteiger partial charge >= 0.3 is 5.97 Å². The molecule has 0 bridgehead atoms. The van der Waals surface area contributed by atoms with E-state index in [1.807, 2.05) is 64.2 Å². The Bertz CT molecular complexity index is 1310. The Hall–Kier alpha value is -4.07. The summed E-state index contributed by atoms with van der Waals surface area (Å²) in [5.74, 6) is 0.261. The van der Waals surface area contributed by atoms with Gasteiger partial charge in [0, 0.05) is 12.6 Å². The van der Waals surface area contributed by atoms with Crippen LogP contribution in [0, 0.1) is 13.8 Å². The van der Waals surface area contributed by atoms with Crippen LogP contribution < -0.4 is 15.8 Å². The number of hydrogen-bond acceptors (Lipinski definition) is 5. The van der Waals surface area contributed by atoms with Crippen molar-refractivity contribution in [3.05, 3.63) is 70.8 Å². The minimum absolute atomic E-state index is 0.210. The number of hydrogen-bond donors (Lipinski definition) is 3. The summed E-state index contributed by atoms with van der Waals surface area (Å²) < 4.78 is 8.03. The highest BCUT2D eigenvalue weighted by Gasteiger charge is 2.21. The Kier molecular flexibility index (Phi) is 8.53. The van der Waals surface area contributed by atoms with E-state index in [9.17, 15) is 14.7 Å². The van der Waals surface area contributed by atoms with Gasteiger partial charge in [0.1, 0.15) is 11.3 Å². The van der Waals surface area contributed by atoms with E-state index in [-0.39, 0.29) is 12.3 Å². The highest BCUT2D eigenvalue weighted by atomic mass is 16.5. The molecule has 3 rings (SSSR count). The summed E-state index contributed by atoms with van der Waals surface area (Å²) in [6, 6.07) is 8.46. The van der Waals surface area contributed by atoms with Crippen LogP contribution in [-0.4, -0.2) is 32.6 Å². The fourth-order valence-electron chi connectivity index (χ4n) is 4.11. The number of carbonyl (C=O) groups is 2. The third kappa shape index (κ3) is 5.94. The molecule has 0 unspecified atom stereocenters. The zero-order valence-electron chi connectivity index (χ0n) is 21.5. The summed E-state index contributed by atoms with van der Waals surface area (Å²) in [6.45, 7) is 7.64. The normalized spacial score (nSPS) is 12.8. The largest absolute Gasteiger partial charge is 0.481 e. The highest BCUT2D eigenvalue weighted by Crippen LogP contribution is 2.34. The molecule has 0 aliphatic rings. The molecule has 0 spiro atoms. The lowest BCUT2D eigenvalue weighted by atomic mass is 10.0. The molecule has 36 heavy (non-hydrogen) atoms. The number of benzene rings is 2. The van der Waals surface area contributed by atoms with Crippen LogP contribution in [0.15, 0.2) is 54.1 Å². The number of allylic oxidation sites excluding steroid dienone is 2. The van der Waals surface area contributed by atoms with E-state index in [4.69, 9.17) is 10.5 Å². The van der Waals surface area contributed by atoms with Gasteiger partial charge in [-0.15, -0.1) is 0 Å². The Morgan fingerprint density at radius 3 is 2.56 bits per heavy atom. The van der Waals surface area contributed by atoms with E-state index in [2.05, 4.69) is 17.2 Å². The molecule has 0 radical (unpaired) electrons. The SMILES string of the molecule is C/C=C(\C=C/CCC)[C@@H](CC(=O)O)NC(=O)c1cc(C)c(Oc2cccc3c2nc(N)n3C)c(C)c1. The second-order valence-electron chi connectivity index (χ2n) is 8.80. The number of para-hydroxylation sites is 1. The van der Waals surface area contributed by atoms with Gasteiger partial charge in [0.15, 0.2) is 5.75 Å². The molecule has 0 saturated carbocycles. The van der Waals surface area contributed by atoms with E-state index < -0.39 is 12.0 Å². The van der Waals surface area contributed by atoms with Crippen LogP contribution in [0.1, 0.15) is 54.6 Å². The van der Waals surface area contributed by atoms with Crippen LogP contribution in [0.25, 0.3) is 11.0 Å². The van der Waals surface area contributed by atoms with Crippen molar-refractivity contribution < 1.29 is 19.4 Å². The van der Waals surface area contributed by atoms with Gasteiger partial charge < -0.3 is 25.5 Å². The second kappa shape index (κ2) is 11.6. The van der Waals surface area contributed by atoms with Gasteiger partial charge in [-0.05, 0) is 68.2 Å². The lowest BCUT2D eigenvalue weighted by Crippen LogP contribution is -2.37. The number of nitrogen functional groups attached to an aromatic ring is 1. The summed E-state index contributed by atoms with van der Waals surface area (Å²) in [4.78, 5) is 29.1. The monoisotopic (exact) mass is 490 g/mol.